The first-order valence-corrected chi connectivity index (χ1v) is 7.78. The highest BCUT2D eigenvalue weighted by atomic mass is 32.2. The summed E-state index contributed by atoms with van der Waals surface area (Å²) in [5.41, 5.74) is 2.02. The number of rotatable bonds is 3. The van der Waals surface area contributed by atoms with Crippen LogP contribution in [0.4, 0.5) is 0 Å². The van der Waals surface area contributed by atoms with Crippen LogP contribution in [0.2, 0.25) is 0 Å². The number of nitrogens with zero attached hydrogens (tertiary/aromatic N) is 2. The molecule has 0 spiro atoms. The molecule has 0 aliphatic rings. The van der Waals surface area contributed by atoms with Crippen LogP contribution in [0.15, 0.2) is 58.2 Å². The molecule has 3 aromatic rings. The van der Waals surface area contributed by atoms with Crippen molar-refractivity contribution in [2.75, 3.05) is 0 Å². The van der Waals surface area contributed by atoms with Crippen molar-refractivity contribution < 1.29 is 0 Å². The van der Waals surface area contributed by atoms with Gasteiger partial charge in [-0.2, -0.15) is 0 Å². The van der Waals surface area contributed by atoms with Crippen LogP contribution in [0.25, 0.3) is 10.9 Å². The van der Waals surface area contributed by atoms with E-state index >= 15 is 0 Å². The number of aryl methyl sites for hydroxylation is 1. The number of hydrogen-bond donors (Lipinski definition) is 0. The molecule has 106 valence electrons. The van der Waals surface area contributed by atoms with Crippen molar-refractivity contribution in [1.29, 1.82) is 0 Å². The van der Waals surface area contributed by atoms with Crippen molar-refractivity contribution in [3.63, 3.8) is 0 Å². The van der Waals surface area contributed by atoms with Crippen molar-refractivity contribution in [2.45, 2.75) is 17.6 Å². The summed E-state index contributed by atoms with van der Waals surface area (Å²) in [6, 6.07) is 15.9. The molecule has 0 saturated heterocycles. The monoisotopic (exact) mass is 296 g/mol. The van der Waals surface area contributed by atoms with Crippen molar-refractivity contribution in [1.82, 2.24) is 9.55 Å². The van der Waals surface area contributed by atoms with Gasteiger partial charge in [0.2, 0.25) is 0 Å². The first-order valence-electron chi connectivity index (χ1n) is 6.79. The normalized spacial score (nSPS) is 11.0. The number of benzene rings is 2. The quantitative estimate of drug-likeness (QED) is 0.693. The van der Waals surface area contributed by atoms with Gasteiger partial charge in [0.15, 0.2) is 0 Å². The second-order valence-corrected chi connectivity index (χ2v) is 6.06. The van der Waals surface area contributed by atoms with E-state index in [1.807, 2.05) is 24.3 Å². The summed E-state index contributed by atoms with van der Waals surface area (Å²) in [5, 5.41) is 0.670. The van der Waals surface area contributed by atoms with Crippen LogP contribution in [-0.2, 0) is 12.8 Å². The average Bonchev–Trinajstić information content (AvgIpc) is 2.51. The van der Waals surface area contributed by atoms with E-state index in [1.165, 1.54) is 10.5 Å². The third-order valence-corrected chi connectivity index (χ3v) is 4.47. The van der Waals surface area contributed by atoms with Crippen molar-refractivity contribution in [3.8, 4) is 0 Å². The van der Waals surface area contributed by atoms with Gasteiger partial charge in [-0.1, -0.05) is 29.8 Å². The van der Waals surface area contributed by atoms with Crippen LogP contribution in [0.5, 0.6) is 0 Å². The Morgan fingerprint density at radius 1 is 1.10 bits per heavy atom. The zero-order chi connectivity index (χ0) is 14.8. The van der Waals surface area contributed by atoms with Gasteiger partial charge >= 0.3 is 0 Å². The van der Waals surface area contributed by atoms with E-state index in [4.69, 9.17) is 0 Å². The van der Waals surface area contributed by atoms with Crippen molar-refractivity contribution >= 4 is 22.7 Å². The van der Waals surface area contributed by atoms with Crippen molar-refractivity contribution in [2.24, 2.45) is 7.05 Å². The third kappa shape index (κ3) is 2.85. The summed E-state index contributed by atoms with van der Waals surface area (Å²) in [6.07, 6.45) is 0. The van der Waals surface area contributed by atoms with Gasteiger partial charge in [0.05, 0.1) is 16.7 Å². The minimum absolute atomic E-state index is 0.0140. The standard InChI is InChI=1S/C17H16N2OS/c1-12-7-9-13(10-8-12)21-11-16-18-15-6-4-3-5-14(15)17(20)19(16)2/h3-10H,11H2,1-2H3. The number of fused-ring (bicyclic) bond motifs is 1. The van der Waals surface area contributed by atoms with Gasteiger partial charge in [0.1, 0.15) is 5.82 Å². The van der Waals surface area contributed by atoms with Gasteiger partial charge in [0, 0.05) is 11.9 Å². The summed E-state index contributed by atoms with van der Waals surface area (Å²) in [5.74, 6) is 1.48. The maximum absolute atomic E-state index is 12.3. The van der Waals surface area contributed by atoms with Gasteiger partial charge in [-0.05, 0) is 31.2 Å². The Balaban J connectivity index is 1.92. The fourth-order valence-electron chi connectivity index (χ4n) is 2.18. The van der Waals surface area contributed by atoms with Crippen molar-refractivity contribution in [3.05, 3.63) is 70.3 Å². The number of hydrogen-bond acceptors (Lipinski definition) is 3. The number of thioether (sulfide) groups is 1. The third-order valence-electron chi connectivity index (χ3n) is 3.46. The Bertz CT molecular complexity index is 838. The van der Waals surface area contributed by atoms with Crippen LogP contribution in [-0.4, -0.2) is 9.55 Å². The average molecular weight is 296 g/mol. The molecule has 0 atom stereocenters. The lowest BCUT2D eigenvalue weighted by molar-refractivity contribution is 0.785. The van der Waals surface area contributed by atoms with Crippen LogP contribution < -0.4 is 5.56 Å². The number of para-hydroxylation sites is 1. The molecule has 0 amide bonds. The molecule has 2 aromatic carbocycles. The molecule has 3 rings (SSSR count). The lowest BCUT2D eigenvalue weighted by atomic mass is 10.2. The topological polar surface area (TPSA) is 34.9 Å². The molecule has 4 heteroatoms. The Morgan fingerprint density at radius 3 is 2.57 bits per heavy atom. The Labute approximate surface area is 127 Å². The Hall–Kier alpha value is -2.07. The number of aromatic nitrogens is 2. The van der Waals surface area contributed by atoms with E-state index in [0.717, 1.165) is 11.3 Å². The molecule has 3 nitrogen and oxygen atoms in total. The van der Waals surface area contributed by atoms with E-state index in [9.17, 15) is 4.79 Å². The van der Waals surface area contributed by atoms with Crippen LogP contribution in [0.1, 0.15) is 11.4 Å². The molecule has 21 heavy (non-hydrogen) atoms. The zero-order valence-corrected chi connectivity index (χ0v) is 12.9. The fraction of sp³-hybridized carbons (Fsp3) is 0.176. The second-order valence-electron chi connectivity index (χ2n) is 5.01. The molecule has 1 aromatic heterocycles. The molecule has 0 unspecified atom stereocenters. The minimum Gasteiger partial charge on any atom is -0.299 e. The Kier molecular flexibility index (Phi) is 3.80. The van der Waals surface area contributed by atoms with Gasteiger partial charge in [-0.3, -0.25) is 9.36 Å². The summed E-state index contributed by atoms with van der Waals surface area (Å²) in [6.45, 7) is 2.07. The van der Waals surface area contributed by atoms with Gasteiger partial charge in [-0.15, -0.1) is 11.8 Å². The molecule has 0 bridgehead atoms. The lowest BCUT2D eigenvalue weighted by Crippen LogP contribution is -2.21. The maximum atomic E-state index is 12.3. The molecule has 1 heterocycles. The highest BCUT2D eigenvalue weighted by Crippen LogP contribution is 2.22. The SMILES string of the molecule is Cc1ccc(SCc2nc3ccccc3c(=O)n2C)cc1. The first kappa shape index (κ1) is 13.9. The summed E-state index contributed by atoms with van der Waals surface area (Å²) >= 11 is 1.69. The molecular formula is C17H16N2OS. The van der Waals surface area contributed by atoms with E-state index in [2.05, 4.69) is 36.2 Å². The largest absolute Gasteiger partial charge is 0.299 e. The highest BCUT2D eigenvalue weighted by Gasteiger charge is 2.08. The highest BCUT2D eigenvalue weighted by molar-refractivity contribution is 7.98. The van der Waals surface area contributed by atoms with E-state index in [1.54, 1.807) is 23.4 Å². The fourth-order valence-corrected chi connectivity index (χ4v) is 3.06. The van der Waals surface area contributed by atoms with E-state index in [0.29, 0.717) is 11.1 Å². The second kappa shape index (κ2) is 5.74. The molecule has 0 N–H and O–H groups in total. The lowest BCUT2D eigenvalue weighted by Gasteiger charge is -2.09. The Morgan fingerprint density at radius 2 is 1.81 bits per heavy atom. The first-order chi connectivity index (χ1) is 10.1. The molecule has 0 radical (unpaired) electrons. The van der Waals surface area contributed by atoms with Crippen LogP contribution in [0.3, 0.4) is 0 Å². The van der Waals surface area contributed by atoms with Gasteiger partial charge in [0.25, 0.3) is 5.56 Å². The van der Waals surface area contributed by atoms with E-state index < -0.39 is 0 Å². The summed E-state index contributed by atoms with van der Waals surface area (Å²) in [4.78, 5) is 18.1. The van der Waals surface area contributed by atoms with Gasteiger partial charge < -0.3 is 0 Å². The zero-order valence-electron chi connectivity index (χ0n) is 12.0. The summed E-state index contributed by atoms with van der Waals surface area (Å²) < 4.78 is 1.64. The molecule has 0 fully saturated rings. The predicted octanol–water partition coefficient (Wildman–Crippen LogP) is 3.53. The predicted molar refractivity (Wildman–Crippen MR) is 87.7 cm³/mol. The minimum atomic E-state index is 0.0140. The molecular weight excluding hydrogens is 280 g/mol. The molecule has 0 aliphatic heterocycles. The van der Waals surface area contributed by atoms with E-state index in [-0.39, 0.29) is 5.56 Å². The smallest absolute Gasteiger partial charge is 0.261 e. The molecule has 0 saturated carbocycles. The summed E-state index contributed by atoms with van der Waals surface area (Å²) in [7, 11) is 1.78. The van der Waals surface area contributed by atoms with Gasteiger partial charge in [-0.25, -0.2) is 4.98 Å². The maximum Gasteiger partial charge on any atom is 0.261 e. The van der Waals surface area contributed by atoms with Crippen LogP contribution >= 0.6 is 11.8 Å². The molecule has 0 aliphatic carbocycles. The van der Waals surface area contributed by atoms with Crippen LogP contribution in [0, 0.1) is 6.92 Å².